The third-order valence-electron chi connectivity index (χ3n) is 5.65. The van der Waals surface area contributed by atoms with E-state index in [9.17, 15) is 9.59 Å². The molecule has 0 saturated heterocycles. The minimum Gasteiger partial charge on any atom is -0.273 e. The second-order valence-electron chi connectivity index (χ2n) is 8.08. The van der Waals surface area contributed by atoms with E-state index in [2.05, 4.69) is 29.1 Å². The van der Waals surface area contributed by atoms with Crippen LogP contribution in [-0.4, -0.2) is 11.8 Å². The molecule has 1 aliphatic heterocycles. The van der Waals surface area contributed by atoms with Crippen LogP contribution in [0.15, 0.2) is 107 Å². The van der Waals surface area contributed by atoms with Crippen LogP contribution in [0.5, 0.6) is 0 Å². The van der Waals surface area contributed by atoms with Gasteiger partial charge < -0.3 is 0 Å². The van der Waals surface area contributed by atoms with Crippen molar-refractivity contribution in [1.29, 1.82) is 0 Å². The molecule has 4 aromatic rings. The first-order valence-electron chi connectivity index (χ1n) is 11.1. The number of hydrogen-bond donors (Lipinski definition) is 2. The molecule has 0 fully saturated rings. The maximum atomic E-state index is 12.8. The number of benzene rings is 4. The number of hydrazine groups is 1. The predicted molar refractivity (Wildman–Crippen MR) is 141 cm³/mol. The highest BCUT2D eigenvalue weighted by molar-refractivity contribution is 7.99. The van der Waals surface area contributed by atoms with Crippen LogP contribution in [0.1, 0.15) is 32.6 Å². The minimum absolute atomic E-state index is 0.188. The molecule has 2 N–H and O–H groups in total. The van der Waals surface area contributed by atoms with E-state index < -0.39 is 0 Å². The van der Waals surface area contributed by atoms with Crippen LogP contribution < -0.4 is 10.9 Å². The molecule has 35 heavy (non-hydrogen) atoms. The summed E-state index contributed by atoms with van der Waals surface area (Å²) in [5.41, 5.74) is 10.5. The standard InChI is InChI=1S/C29H21ClN2O2S/c30-23-13-10-20(11-14-23)25-18-22-17-21(12-15-26(22)35-27-9-5-4-8-24(25)27)29(34)32-31-28(33)16-19-6-2-1-3-7-19/h1-15,17-18H,16H2,(H,31,33)(H,32,34). The van der Waals surface area contributed by atoms with Gasteiger partial charge in [-0.2, -0.15) is 0 Å². The Morgan fingerprint density at radius 2 is 1.51 bits per heavy atom. The quantitative estimate of drug-likeness (QED) is 0.283. The van der Waals surface area contributed by atoms with Crippen molar-refractivity contribution in [2.75, 3.05) is 0 Å². The third kappa shape index (κ3) is 5.32. The van der Waals surface area contributed by atoms with Crippen molar-refractivity contribution in [2.24, 2.45) is 0 Å². The summed E-state index contributed by atoms with van der Waals surface area (Å²) < 4.78 is 0. The smallest absolute Gasteiger partial charge is 0.269 e. The van der Waals surface area contributed by atoms with Gasteiger partial charge in [-0.3, -0.25) is 20.4 Å². The Balaban J connectivity index is 1.40. The Hall–Kier alpha value is -3.80. The molecule has 0 unspecified atom stereocenters. The lowest BCUT2D eigenvalue weighted by Gasteiger charge is -2.10. The molecule has 6 heteroatoms. The van der Waals surface area contributed by atoms with Gasteiger partial charge in [0.1, 0.15) is 0 Å². The van der Waals surface area contributed by atoms with Gasteiger partial charge >= 0.3 is 0 Å². The molecule has 2 amide bonds. The lowest BCUT2D eigenvalue weighted by atomic mass is 9.95. The Morgan fingerprint density at radius 3 is 2.31 bits per heavy atom. The second-order valence-corrected chi connectivity index (χ2v) is 9.60. The SMILES string of the molecule is O=C(Cc1ccccc1)NNC(=O)c1ccc2c(c1)C=C(c1ccc(Cl)cc1)c1ccccc1S2. The van der Waals surface area contributed by atoms with Gasteiger partial charge in [-0.05, 0) is 70.3 Å². The molecule has 0 bridgehead atoms. The van der Waals surface area contributed by atoms with Crippen molar-refractivity contribution in [3.05, 3.63) is 130 Å². The number of halogens is 1. The summed E-state index contributed by atoms with van der Waals surface area (Å²) in [5, 5.41) is 0.680. The third-order valence-corrected chi connectivity index (χ3v) is 7.07. The van der Waals surface area contributed by atoms with Gasteiger partial charge in [0.2, 0.25) is 5.91 Å². The zero-order valence-corrected chi connectivity index (χ0v) is 20.2. The fourth-order valence-corrected chi connectivity index (χ4v) is 5.09. The zero-order valence-electron chi connectivity index (χ0n) is 18.6. The van der Waals surface area contributed by atoms with Gasteiger partial charge in [-0.1, -0.05) is 84.0 Å². The van der Waals surface area contributed by atoms with E-state index in [1.165, 1.54) is 0 Å². The first-order chi connectivity index (χ1) is 17.1. The van der Waals surface area contributed by atoms with E-state index in [-0.39, 0.29) is 18.2 Å². The van der Waals surface area contributed by atoms with Crippen molar-refractivity contribution in [1.82, 2.24) is 10.9 Å². The molecule has 0 aliphatic carbocycles. The van der Waals surface area contributed by atoms with Crippen LogP contribution >= 0.6 is 23.4 Å². The van der Waals surface area contributed by atoms with Crippen LogP contribution in [0, 0.1) is 0 Å². The summed E-state index contributed by atoms with van der Waals surface area (Å²) in [7, 11) is 0. The predicted octanol–water partition coefficient (Wildman–Crippen LogP) is 6.40. The largest absolute Gasteiger partial charge is 0.273 e. The van der Waals surface area contributed by atoms with Crippen molar-refractivity contribution in [3.8, 4) is 0 Å². The summed E-state index contributed by atoms with van der Waals surface area (Å²) >= 11 is 7.78. The molecule has 0 spiro atoms. The highest BCUT2D eigenvalue weighted by Crippen LogP contribution is 2.42. The second kappa shape index (κ2) is 10.2. The number of amides is 2. The number of fused-ring (bicyclic) bond motifs is 2. The highest BCUT2D eigenvalue weighted by Gasteiger charge is 2.19. The van der Waals surface area contributed by atoms with Gasteiger partial charge in [0.25, 0.3) is 5.91 Å². The lowest BCUT2D eigenvalue weighted by Crippen LogP contribution is -2.42. The average Bonchev–Trinajstić information content (AvgIpc) is 3.05. The summed E-state index contributed by atoms with van der Waals surface area (Å²) in [6.45, 7) is 0. The van der Waals surface area contributed by atoms with E-state index in [1.807, 2.05) is 78.9 Å². The van der Waals surface area contributed by atoms with Crippen LogP contribution in [0.2, 0.25) is 5.02 Å². The molecule has 0 radical (unpaired) electrons. The van der Waals surface area contributed by atoms with Gasteiger partial charge in [0.15, 0.2) is 0 Å². The molecule has 0 aromatic heterocycles. The van der Waals surface area contributed by atoms with Crippen LogP contribution in [0.25, 0.3) is 11.6 Å². The summed E-state index contributed by atoms with van der Waals surface area (Å²) in [5.74, 6) is -0.655. The van der Waals surface area contributed by atoms with E-state index in [0.717, 1.165) is 37.6 Å². The highest BCUT2D eigenvalue weighted by atomic mass is 35.5. The molecule has 172 valence electrons. The number of hydrogen-bond acceptors (Lipinski definition) is 3. The van der Waals surface area contributed by atoms with Crippen molar-refractivity contribution in [2.45, 2.75) is 16.2 Å². The van der Waals surface area contributed by atoms with Crippen molar-refractivity contribution < 1.29 is 9.59 Å². The molecule has 1 aliphatic rings. The number of rotatable bonds is 4. The number of carbonyl (C=O) groups excluding carboxylic acids is 2. The van der Waals surface area contributed by atoms with Crippen LogP contribution in [0.4, 0.5) is 0 Å². The van der Waals surface area contributed by atoms with Crippen molar-refractivity contribution in [3.63, 3.8) is 0 Å². The molecule has 4 aromatic carbocycles. The normalized spacial score (nSPS) is 12.0. The Kier molecular flexibility index (Phi) is 6.70. The Morgan fingerprint density at radius 1 is 0.771 bits per heavy atom. The van der Waals surface area contributed by atoms with E-state index in [4.69, 9.17) is 11.6 Å². The van der Waals surface area contributed by atoms with Gasteiger partial charge in [-0.15, -0.1) is 0 Å². The fraction of sp³-hybridized carbons (Fsp3) is 0.0345. The Labute approximate surface area is 213 Å². The number of nitrogens with one attached hydrogen (secondary N) is 2. The molecular formula is C29H21ClN2O2S. The van der Waals surface area contributed by atoms with Gasteiger partial charge in [0.05, 0.1) is 6.42 Å². The molecule has 5 rings (SSSR count). The molecular weight excluding hydrogens is 476 g/mol. The molecule has 4 nitrogen and oxygen atoms in total. The monoisotopic (exact) mass is 496 g/mol. The molecule has 0 atom stereocenters. The number of carbonyl (C=O) groups is 2. The van der Waals surface area contributed by atoms with E-state index in [0.29, 0.717) is 10.6 Å². The van der Waals surface area contributed by atoms with Gasteiger partial charge in [-0.25, -0.2) is 0 Å². The summed E-state index contributed by atoms with van der Waals surface area (Å²) in [6.07, 6.45) is 2.29. The fourth-order valence-electron chi connectivity index (χ4n) is 3.92. The molecule has 0 saturated carbocycles. The van der Waals surface area contributed by atoms with Crippen LogP contribution in [-0.2, 0) is 11.2 Å². The Bertz CT molecular complexity index is 1430. The maximum Gasteiger partial charge on any atom is 0.269 e. The lowest BCUT2D eigenvalue weighted by molar-refractivity contribution is -0.121. The zero-order chi connectivity index (χ0) is 24.2. The summed E-state index contributed by atoms with van der Waals surface area (Å²) in [4.78, 5) is 27.2. The van der Waals surface area contributed by atoms with E-state index in [1.54, 1.807) is 17.8 Å². The van der Waals surface area contributed by atoms with Crippen LogP contribution in [0.3, 0.4) is 0 Å². The first-order valence-corrected chi connectivity index (χ1v) is 12.3. The van der Waals surface area contributed by atoms with Crippen molar-refractivity contribution >= 4 is 46.8 Å². The average molecular weight is 497 g/mol. The maximum absolute atomic E-state index is 12.8. The van der Waals surface area contributed by atoms with Gasteiger partial charge in [0, 0.05) is 20.4 Å². The first kappa shape index (κ1) is 23.0. The summed E-state index contributed by atoms with van der Waals surface area (Å²) in [6, 6.07) is 30.9. The molecule has 1 heterocycles. The topological polar surface area (TPSA) is 58.2 Å². The van der Waals surface area contributed by atoms with E-state index >= 15 is 0 Å². The minimum atomic E-state index is -0.373.